The van der Waals surface area contributed by atoms with E-state index in [0.717, 1.165) is 25.0 Å². The highest BCUT2D eigenvalue weighted by Gasteiger charge is 2.30. The van der Waals surface area contributed by atoms with Crippen LogP contribution in [-0.4, -0.2) is 21.0 Å². The van der Waals surface area contributed by atoms with Crippen LogP contribution in [0.2, 0.25) is 0 Å². The van der Waals surface area contributed by atoms with Crippen LogP contribution in [0.4, 0.5) is 8.78 Å². The van der Waals surface area contributed by atoms with Crippen molar-refractivity contribution in [2.24, 2.45) is 11.7 Å². The van der Waals surface area contributed by atoms with Crippen molar-refractivity contribution >= 4 is 10.0 Å². The van der Waals surface area contributed by atoms with Gasteiger partial charge in [0.15, 0.2) is 0 Å². The third-order valence-corrected chi connectivity index (χ3v) is 4.88. The lowest BCUT2D eigenvalue weighted by atomic mass is 10.1. The third kappa shape index (κ3) is 3.29. The molecule has 1 aromatic rings. The summed E-state index contributed by atoms with van der Waals surface area (Å²) in [7, 11) is -3.92. The van der Waals surface area contributed by atoms with Gasteiger partial charge < -0.3 is 5.73 Å². The van der Waals surface area contributed by atoms with E-state index in [1.54, 1.807) is 0 Å². The van der Waals surface area contributed by atoms with E-state index in [0.29, 0.717) is 19.0 Å². The summed E-state index contributed by atoms with van der Waals surface area (Å²) in [5, 5.41) is 0. The summed E-state index contributed by atoms with van der Waals surface area (Å²) in [6.45, 7) is 0.394. The summed E-state index contributed by atoms with van der Waals surface area (Å²) in [6, 6.07) is 1.98. The van der Waals surface area contributed by atoms with E-state index in [-0.39, 0.29) is 12.0 Å². The molecule has 0 aliphatic heterocycles. The Kier molecular flexibility index (Phi) is 4.17. The van der Waals surface area contributed by atoms with E-state index >= 15 is 0 Å². The standard InChI is InChI=1S/C12H16F2N2O2S/c13-9-4-10(14)6-11(5-9)19(17,18)16-12-3-1-2-8(12)7-15/h4-6,8,12,16H,1-3,7,15H2. The summed E-state index contributed by atoms with van der Waals surface area (Å²) < 4.78 is 52.7. The minimum absolute atomic E-state index is 0.0770. The van der Waals surface area contributed by atoms with Crippen molar-refractivity contribution in [3.8, 4) is 0 Å². The Hall–Kier alpha value is -1.05. The molecule has 0 aromatic heterocycles. The summed E-state index contributed by atoms with van der Waals surface area (Å²) in [6.07, 6.45) is 2.45. The van der Waals surface area contributed by atoms with E-state index in [4.69, 9.17) is 5.73 Å². The van der Waals surface area contributed by atoms with Crippen molar-refractivity contribution < 1.29 is 17.2 Å². The second kappa shape index (κ2) is 5.52. The van der Waals surface area contributed by atoms with Crippen LogP contribution in [0.3, 0.4) is 0 Å². The largest absolute Gasteiger partial charge is 0.330 e. The highest BCUT2D eigenvalue weighted by molar-refractivity contribution is 7.89. The summed E-state index contributed by atoms with van der Waals surface area (Å²) in [5.74, 6) is -1.75. The van der Waals surface area contributed by atoms with Gasteiger partial charge in [-0.2, -0.15) is 0 Å². The van der Waals surface area contributed by atoms with Crippen LogP contribution in [0.5, 0.6) is 0 Å². The van der Waals surface area contributed by atoms with Crippen molar-refractivity contribution in [2.75, 3.05) is 6.54 Å². The van der Waals surface area contributed by atoms with Crippen LogP contribution in [0.25, 0.3) is 0 Å². The first-order valence-electron chi connectivity index (χ1n) is 6.11. The average molecular weight is 290 g/mol. The van der Waals surface area contributed by atoms with Gasteiger partial charge in [-0.15, -0.1) is 0 Å². The molecule has 3 N–H and O–H groups in total. The molecule has 0 heterocycles. The van der Waals surface area contributed by atoms with Crippen molar-refractivity contribution in [3.05, 3.63) is 29.8 Å². The number of rotatable bonds is 4. The molecule has 0 saturated heterocycles. The first kappa shape index (κ1) is 14.4. The maximum absolute atomic E-state index is 13.1. The molecule has 0 spiro atoms. The van der Waals surface area contributed by atoms with Crippen molar-refractivity contribution in [2.45, 2.75) is 30.2 Å². The zero-order valence-corrected chi connectivity index (χ0v) is 11.1. The lowest BCUT2D eigenvalue weighted by Gasteiger charge is -2.19. The fourth-order valence-electron chi connectivity index (χ4n) is 2.43. The summed E-state index contributed by atoms with van der Waals surface area (Å²) >= 11 is 0. The first-order valence-corrected chi connectivity index (χ1v) is 7.59. The molecule has 19 heavy (non-hydrogen) atoms. The van der Waals surface area contributed by atoms with Gasteiger partial charge in [-0.05, 0) is 37.4 Å². The smallest absolute Gasteiger partial charge is 0.241 e. The van der Waals surface area contributed by atoms with Crippen LogP contribution in [0, 0.1) is 17.6 Å². The number of nitrogens with two attached hydrogens (primary N) is 1. The Bertz CT molecular complexity index is 543. The maximum Gasteiger partial charge on any atom is 0.241 e. The molecule has 0 bridgehead atoms. The molecule has 106 valence electrons. The molecule has 4 nitrogen and oxygen atoms in total. The van der Waals surface area contributed by atoms with Crippen LogP contribution in [0.1, 0.15) is 19.3 Å². The number of hydrogen-bond acceptors (Lipinski definition) is 3. The number of nitrogens with one attached hydrogen (secondary N) is 1. The van der Waals surface area contributed by atoms with Crippen molar-refractivity contribution in [3.63, 3.8) is 0 Å². The zero-order chi connectivity index (χ0) is 14.0. The van der Waals surface area contributed by atoms with E-state index in [1.807, 2.05) is 0 Å². The van der Waals surface area contributed by atoms with E-state index < -0.39 is 26.6 Å². The maximum atomic E-state index is 13.1. The van der Waals surface area contributed by atoms with Gasteiger partial charge in [-0.1, -0.05) is 6.42 Å². The summed E-state index contributed by atoms with van der Waals surface area (Å²) in [5.41, 5.74) is 5.58. The van der Waals surface area contributed by atoms with E-state index in [1.165, 1.54) is 0 Å². The molecule has 2 rings (SSSR count). The van der Waals surface area contributed by atoms with Gasteiger partial charge in [0.2, 0.25) is 10.0 Å². The Balaban J connectivity index is 2.22. The van der Waals surface area contributed by atoms with Gasteiger partial charge in [-0.25, -0.2) is 21.9 Å². The molecule has 1 aliphatic rings. The molecule has 0 radical (unpaired) electrons. The van der Waals surface area contributed by atoms with Crippen LogP contribution in [0.15, 0.2) is 23.1 Å². The molecule has 1 aliphatic carbocycles. The predicted octanol–water partition coefficient (Wildman–Crippen LogP) is 1.37. The zero-order valence-electron chi connectivity index (χ0n) is 10.3. The fraction of sp³-hybridized carbons (Fsp3) is 0.500. The number of sulfonamides is 1. The second-order valence-corrected chi connectivity index (χ2v) is 6.47. The molecule has 7 heteroatoms. The Labute approximate surface area is 111 Å². The third-order valence-electron chi connectivity index (χ3n) is 3.41. The minimum atomic E-state index is -3.92. The van der Waals surface area contributed by atoms with Crippen LogP contribution < -0.4 is 10.5 Å². The number of benzene rings is 1. The minimum Gasteiger partial charge on any atom is -0.330 e. The Morgan fingerprint density at radius 1 is 1.21 bits per heavy atom. The van der Waals surface area contributed by atoms with E-state index in [9.17, 15) is 17.2 Å². The van der Waals surface area contributed by atoms with Crippen LogP contribution >= 0.6 is 0 Å². The van der Waals surface area contributed by atoms with Gasteiger partial charge in [-0.3, -0.25) is 0 Å². The van der Waals surface area contributed by atoms with Crippen LogP contribution in [-0.2, 0) is 10.0 Å². The molecule has 1 saturated carbocycles. The predicted molar refractivity (Wildman–Crippen MR) is 66.9 cm³/mol. The van der Waals surface area contributed by atoms with Gasteiger partial charge in [0.1, 0.15) is 11.6 Å². The van der Waals surface area contributed by atoms with Crippen molar-refractivity contribution in [1.29, 1.82) is 0 Å². The lowest BCUT2D eigenvalue weighted by Crippen LogP contribution is -2.39. The summed E-state index contributed by atoms with van der Waals surface area (Å²) in [4.78, 5) is -0.396. The number of halogens is 2. The lowest BCUT2D eigenvalue weighted by molar-refractivity contribution is 0.452. The van der Waals surface area contributed by atoms with Gasteiger partial charge in [0, 0.05) is 12.1 Å². The first-order chi connectivity index (χ1) is 8.92. The van der Waals surface area contributed by atoms with E-state index in [2.05, 4.69) is 4.72 Å². The second-order valence-electron chi connectivity index (χ2n) is 4.76. The molecular formula is C12H16F2N2O2S. The molecule has 1 fully saturated rings. The van der Waals surface area contributed by atoms with Gasteiger partial charge in [0.25, 0.3) is 0 Å². The molecule has 2 atom stereocenters. The van der Waals surface area contributed by atoms with Gasteiger partial charge in [0.05, 0.1) is 4.90 Å². The van der Waals surface area contributed by atoms with Gasteiger partial charge >= 0.3 is 0 Å². The average Bonchev–Trinajstić information content (AvgIpc) is 2.74. The molecular weight excluding hydrogens is 274 g/mol. The molecule has 1 aromatic carbocycles. The highest BCUT2D eigenvalue weighted by Crippen LogP contribution is 2.26. The topological polar surface area (TPSA) is 72.2 Å². The Morgan fingerprint density at radius 2 is 1.84 bits per heavy atom. The highest BCUT2D eigenvalue weighted by atomic mass is 32.2. The monoisotopic (exact) mass is 290 g/mol. The Morgan fingerprint density at radius 3 is 2.42 bits per heavy atom. The fourth-order valence-corrected chi connectivity index (χ4v) is 3.81. The SMILES string of the molecule is NCC1CCCC1NS(=O)(=O)c1cc(F)cc(F)c1. The quantitative estimate of drug-likeness (QED) is 0.879. The molecule has 0 amide bonds. The molecule has 2 unspecified atom stereocenters. The number of hydrogen-bond donors (Lipinski definition) is 2. The van der Waals surface area contributed by atoms with Crippen molar-refractivity contribution in [1.82, 2.24) is 4.72 Å². The normalized spacial score (nSPS) is 23.7.